The maximum atomic E-state index is 6.46. The van der Waals surface area contributed by atoms with Gasteiger partial charge in [-0.05, 0) is 72.8 Å². The fourth-order valence-corrected chi connectivity index (χ4v) is 10.4. The summed E-state index contributed by atoms with van der Waals surface area (Å²) in [5, 5.41) is 8.31. The summed E-state index contributed by atoms with van der Waals surface area (Å²) in [6.07, 6.45) is 0. The summed E-state index contributed by atoms with van der Waals surface area (Å²) in [7, 11) is 0. The van der Waals surface area contributed by atoms with Crippen LogP contribution >= 0.6 is 34.0 Å². The number of thiazole rings is 1. The molecule has 0 aliphatic rings. The summed E-state index contributed by atoms with van der Waals surface area (Å²) in [5.41, 5.74) is 7.15. The van der Waals surface area contributed by atoms with Crippen molar-refractivity contribution in [3.05, 3.63) is 146 Å². The third-order valence-corrected chi connectivity index (χ3v) is 12.8. The van der Waals surface area contributed by atoms with Crippen LogP contribution in [0.3, 0.4) is 0 Å². The van der Waals surface area contributed by atoms with Crippen molar-refractivity contribution in [3.8, 4) is 10.6 Å². The molecule has 0 saturated heterocycles. The molecule has 0 aliphatic heterocycles. The second-order valence-electron chi connectivity index (χ2n) is 12.3. The smallest absolute Gasteiger partial charge is 0.137 e. The fourth-order valence-electron chi connectivity index (χ4n) is 7.24. The van der Waals surface area contributed by atoms with Gasteiger partial charge in [0.05, 0.1) is 15.6 Å². The number of nitrogens with zero attached hydrogens (tertiary/aromatic N) is 2. The van der Waals surface area contributed by atoms with Gasteiger partial charge in [-0.2, -0.15) is 0 Å². The van der Waals surface area contributed by atoms with E-state index in [4.69, 9.17) is 9.40 Å². The highest BCUT2D eigenvalue weighted by Gasteiger charge is 2.20. The van der Waals surface area contributed by atoms with Crippen molar-refractivity contribution in [1.29, 1.82) is 0 Å². The molecule has 4 heterocycles. The minimum absolute atomic E-state index is 0.856. The Labute approximate surface area is 292 Å². The topological polar surface area (TPSA) is 29.3 Å². The van der Waals surface area contributed by atoms with E-state index in [-0.39, 0.29) is 0 Å². The second kappa shape index (κ2) is 10.5. The van der Waals surface area contributed by atoms with Crippen LogP contribution in [0.25, 0.3) is 83.1 Å². The Morgan fingerprint density at radius 1 is 0.429 bits per heavy atom. The number of benzene rings is 7. The molecule has 0 radical (unpaired) electrons. The van der Waals surface area contributed by atoms with Gasteiger partial charge >= 0.3 is 0 Å². The van der Waals surface area contributed by atoms with Crippen LogP contribution in [0.15, 0.2) is 150 Å². The predicted octanol–water partition coefficient (Wildman–Crippen LogP) is 14.1. The number of rotatable bonds is 4. The van der Waals surface area contributed by atoms with E-state index in [1.54, 1.807) is 11.3 Å². The van der Waals surface area contributed by atoms with E-state index in [9.17, 15) is 0 Å². The molecule has 0 spiro atoms. The average molecular weight is 681 g/mol. The molecule has 230 valence electrons. The summed E-state index contributed by atoms with van der Waals surface area (Å²) in [6.45, 7) is 0. The lowest BCUT2D eigenvalue weighted by molar-refractivity contribution is 0.669. The Morgan fingerprint density at radius 3 is 1.86 bits per heavy atom. The molecule has 11 rings (SSSR count). The molecular weight excluding hydrogens is 657 g/mol. The molecule has 0 fully saturated rings. The first-order valence-electron chi connectivity index (χ1n) is 16.2. The third-order valence-electron chi connectivity index (χ3n) is 9.49. The van der Waals surface area contributed by atoms with Crippen LogP contribution in [0.2, 0.25) is 0 Å². The van der Waals surface area contributed by atoms with Crippen molar-refractivity contribution in [2.75, 3.05) is 4.90 Å². The molecule has 6 heteroatoms. The molecule has 0 atom stereocenters. The molecule has 49 heavy (non-hydrogen) atoms. The van der Waals surface area contributed by atoms with E-state index in [0.29, 0.717) is 0 Å². The Kier molecular flexibility index (Phi) is 5.87. The van der Waals surface area contributed by atoms with Crippen LogP contribution in [0.1, 0.15) is 0 Å². The SMILES string of the molecule is c1ccc(-c2nc3c(ccc4oc5ccc(N(c6ccc7c(c6)sc6ccccc67)c6ccc7sc8ccccc8c7c6)cc5c43)s2)cc1. The standard InChI is InChI=1S/C43H24N2OS3/c1-2-8-25(9-3-1)43-44-42-39(49-43)21-19-35-41(42)33-23-26(15-18-34(33)46-35)45(27-16-20-38-32(22-27)30-11-5-7-13-37(30)47-38)28-14-17-31-29-10-4-6-12-36(29)48-40(31)24-28/h1-24H. The predicted molar refractivity (Wildman–Crippen MR) is 213 cm³/mol. The highest BCUT2D eigenvalue weighted by atomic mass is 32.1. The van der Waals surface area contributed by atoms with Crippen molar-refractivity contribution < 1.29 is 4.42 Å². The van der Waals surface area contributed by atoms with Gasteiger partial charge in [0, 0.05) is 68.4 Å². The lowest BCUT2D eigenvalue weighted by atomic mass is 10.1. The van der Waals surface area contributed by atoms with Crippen molar-refractivity contribution >= 4 is 124 Å². The zero-order valence-corrected chi connectivity index (χ0v) is 28.3. The zero-order valence-electron chi connectivity index (χ0n) is 25.9. The van der Waals surface area contributed by atoms with Gasteiger partial charge in [0.2, 0.25) is 0 Å². The summed E-state index contributed by atoms with van der Waals surface area (Å²) in [5.74, 6) is 0. The Morgan fingerprint density at radius 2 is 1.02 bits per heavy atom. The molecule has 11 aromatic rings. The van der Waals surface area contributed by atoms with Gasteiger partial charge < -0.3 is 9.32 Å². The molecule has 3 nitrogen and oxygen atoms in total. The van der Waals surface area contributed by atoms with Crippen LogP contribution in [0.5, 0.6) is 0 Å². The highest BCUT2D eigenvalue weighted by molar-refractivity contribution is 7.26. The summed E-state index contributed by atoms with van der Waals surface area (Å²) >= 11 is 5.42. The molecule has 4 aromatic heterocycles. The second-order valence-corrected chi connectivity index (χ2v) is 15.5. The van der Waals surface area contributed by atoms with Crippen molar-refractivity contribution in [2.24, 2.45) is 0 Å². The number of aromatic nitrogens is 1. The Hall–Kier alpha value is -5.53. The first-order chi connectivity index (χ1) is 24.2. The summed E-state index contributed by atoms with van der Waals surface area (Å²) in [4.78, 5) is 7.58. The molecule has 0 aliphatic carbocycles. The maximum absolute atomic E-state index is 6.46. The van der Waals surface area contributed by atoms with Gasteiger partial charge in [0.15, 0.2) is 0 Å². The van der Waals surface area contributed by atoms with E-state index in [1.807, 2.05) is 28.7 Å². The normalized spacial score (nSPS) is 12.1. The number of fused-ring (bicyclic) bond motifs is 11. The van der Waals surface area contributed by atoms with Crippen LogP contribution in [0.4, 0.5) is 17.1 Å². The average Bonchev–Trinajstić information content (AvgIpc) is 3.92. The van der Waals surface area contributed by atoms with E-state index >= 15 is 0 Å². The van der Waals surface area contributed by atoms with Crippen LogP contribution < -0.4 is 4.90 Å². The first kappa shape index (κ1) is 27.4. The van der Waals surface area contributed by atoms with Crippen molar-refractivity contribution in [1.82, 2.24) is 4.98 Å². The lowest BCUT2D eigenvalue weighted by Crippen LogP contribution is -2.09. The highest BCUT2D eigenvalue weighted by Crippen LogP contribution is 2.45. The van der Waals surface area contributed by atoms with E-state index in [1.165, 1.54) is 40.3 Å². The van der Waals surface area contributed by atoms with Gasteiger partial charge in [0.25, 0.3) is 0 Å². The summed E-state index contributed by atoms with van der Waals surface area (Å²) in [6, 6.07) is 52.4. The number of hydrogen-bond acceptors (Lipinski definition) is 6. The van der Waals surface area contributed by atoms with Crippen molar-refractivity contribution in [2.45, 2.75) is 0 Å². The summed E-state index contributed by atoms with van der Waals surface area (Å²) < 4.78 is 12.8. The van der Waals surface area contributed by atoms with E-state index in [0.717, 1.165) is 59.8 Å². The minimum Gasteiger partial charge on any atom is -0.456 e. The number of anilines is 3. The van der Waals surface area contributed by atoms with Crippen LogP contribution in [-0.4, -0.2) is 4.98 Å². The molecule has 0 saturated carbocycles. The fraction of sp³-hybridized carbons (Fsp3) is 0. The number of thiophene rings is 2. The Bertz CT molecular complexity index is 3070. The minimum atomic E-state index is 0.856. The molecular formula is C43H24N2OS3. The van der Waals surface area contributed by atoms with E-state index in [2.05, 4.69) is 144 Å². The van der Waals surface area contributed by atoms with Crippen molar-refractivity contribution in [3.63, 3.8) is 0 Å². The quantitative estimate of drug-likeness (QED) is 0.185. The monoisotopic (exact) mass is 680 g/mol. The van der Waals surface area contributed by atoms with Gasteiger partial charge in [-0.1, -0.05) is 72.8 Å². The lowest BCUT2D eigenvalue weighted by Gasteiger charge is -2.26. The molecule has 7 aromatic carbocycles. The molecule has 0 N–H and O–H groups in total. The van der Waals surface area contributed by atoms with Crippen LogP contribution in [0, 0.1) is 0 Å². The molecule has 0 bridgehead atoms. The number of furan rings is 1. The van der Waals surface area contributed by atoms with Gasteiger partial charge in [-0.3, -0.25) is 0 Å². The van der Waals surface area contributed by atoms with Gasteiger partial charge in [-0.15, -0.1) is 34.0 Å². The third kappa shape index (κ3) is 4.21. The van der Waals surface area contributed by atoms with Crippen LogP contribution in [-0.2, 0) is 0 Å². The van der Waals surface area contributed by atoms with Gasteiger partial charge in [-0.25, -0.2) is 4.98 Å². The molecule has 0 unspecified atom stereocenters. The largest absolute Gasteiger partial charge is 0.456 e. The molecule has 0 amide bonds. The number of hydrogen-bond donors (Lipinski definition) is 0. The van der Waals surface area contributed by atoms with E-state index < -0.39 is 0 Å². The Balaban J connectivity index is 1.16. The zero-order chi connectivity index (χ0) is 32.1. The first-order valence-corrected chi connectivity index (χ1v) is 18.6. The van der Waals surface area contributed by atoms with Gasteiger partial charge in [0.1, 0.15) is 16.2 Å². The maximum Gasteiger partial charge on any atom is 0.137 e.